The topological polar surface area (TPSA) is 54.7 Å². The van der Waals surface area contributed by atoms with E-state index in [1.165, 1.54) is 0 Å². The smallest absolute Gasteiger partial charge is 0.193 e. The van der Waals surface area contributed by atoms with Crippen LogP contribution >= 0.6 is 0 Å². The van der Waals surface area contributed by atoms with Gasteiger partial charge in [0.25, 0.3) is 0 Å². The highest BCUT2D eigenvalue weighted by Crippen LogP contribution is 2.52. The third-order valence-corrected chi connectivity index (χ3v) is 6.04. The first-order valence-electron chi connectivity index (χ1n) is 9.65. The zero-order chi connectivity index (χ0) is 19.0. The Kier molecular flexibility index (Phi) is 4.68. The molecular formula is C21H29N5O. The number of guanidine groups is 1. The van der Waals surface area contributed by atoms with E-state index in [-0.39, 0.29) is 5.41 Å². The molecule has 1 aliphatic heterocycles. The summed E-state index contributed by atoms with van der Waals surface area (Å²) in [5, 5.41) is 8.18. The van der Waals surface area contributed by atoms with Crippen LogP contribution in [0.25, 0.3) is 5.69 Å². The molecule has 3 unspecified atom stereocenters. The Morgan fingerprint density at radius 1 is 1.37 bits per heavy atom. The first-order chi connectivity index (χ1) is 13.0. The van der Waals surface area contributed by atoms with E-state index in [1.54, 1.807) is 0 Å². The van der Waals surface area contributed by atoms with E-state index < -0.39 is 0 Å². The number of fused-ring (bicyclic) bond motifs is 1. The second-order valence-electron chi connectivity index (χ2n) is 8.22. The van der Waals surface area contributed by atoms with Crippen LogP contribution in [-0.4, -0.2) is 53.5 Å². The van der Waals surface area contributed by atoms with Crippen molar-refractivity contribution in [3.8, 4) is 5.69 Å². The molecule has 0 spiro atoms. The summed E-state index contributed by atoms with van der Waals surface area (Å²) in [6.07, 6.45) is 5.51. The third kappa shape index (κ3) is 3.23. The van der Waals surface area contributed by atoms with Gasteiger partial charge in [-0.2, -0.15) is 5.10 Å². The third-order valence-electron chi connectivity index (χ3n) is 6.04. The quantitative estimate of drug-likeness (QED) is 0.667. The number of hydrogen-bond acceptors (Lipinski definition) is 3. The summed E-state index contributed by atoms with van der Waals surface area (Å²) in [5.74, 6) is 1.51. The molecule has 3 atom stereocenters. The van der Waals surface area contributed by atoms with Crippen molar-refractivity contribution in [1.29, 1.82) is 0 Å². The number of hydrogen-bond donors (Lipinski definition) is 1. The Hall–Kier alpha value is -2.34. The Bertz CT molecular complexity index is 813. The van der Waals surface area contributed by atoms with Crippen LogP contribution in [0.3, 0.4) is 0 Å². The summed E-state index contributed by atoms with van der Waals surface area (Å²) < 4.78 is 7.82. The first-order valence-corrected chi connectivity index (χ1v) is 9.65. The molecule has 1 N–H and O–H groups in total. The molecule has 1 aliphatic carbocycles. The van der Waals surface area contributed by atoms with Crippen LogP contribution in [0.2, 0.25) is 0 Å². The van der Waals surface area contributed by atoms with Crippen molar-refractivity contribution < 1.29 is 4.74 Å². The first kappa shape index (κ1) is 18.0. The van der Waals surface area contributed by atoms with Crippen LogP contribution in [-0.2, 0) is 11.3 Å². The molecule has 1 aromatic heterocycles. The van der Waals surface area contributed by atoms with E-state index in [9.17, 15) is 0 Å². The zero-order valence-electron chi connectivity index (χ0n) is 16.6. The van der Waals surface area contributed by atoms with E-state index in [2.05, 4.69) is 59.5 Å². The maximum Gasteiger partial charge on any atom is 0.193 e. The van der Waals surface area contributed by atoms with Crippen LogP contribution in [0.15, 0.2) is 47.7 Å². The van der Waals surface area contributed by atoms with Crippen LogP contribution in [0.5, 0.6) is 0 Å². The van der Waals surface area contributed by atoms with Gasteiger partial charge in [0.15, 0.2) is 5.96 Å². The number of aromatic nitrogens is 2. The Labute approximate surface area is 161 Å². The molecule has 2 fully saturated rings. The fourth-order valence-corrected chi connectivity index (χ4v) is 4.61. The lowest BCUT2D eigenvalue weighted by molar-refractivity contribution is -0.107. The highest BCUT2D eigenvalue weighted by Gasteiger charge is 2.59. The van der Waals surface area contributed by atoms with Crippen molar-refractivity contribution in [2.45, 2.75) is 39.0 Å². The fourth-order valence-electron chi connectivity index (χ4n) is 4.61. The minimum atomic E-state index is 0.135. The molecule has 2 aromatic rings. The fraction of sp³-hybridized carbons (Fsp3) is 0.524. The van der Waals surface area contributed by atoms with Gasteiger partial charge >= 0.3 is 0 Å². The minimum Gasteiger partial charge on any atom is -0.377 e. The largest absolute Gasteiger partial charge is 0.377 e. The molecule has 0 radical (unpaired) electrons. The minimum absolute atomic E-state index is 0.135. The molecule has 144 valence electrons. The van der Waals surface area contributed by atoms with E-state index >= 15 is 0 Å². The summed E-state index contributed by atoms with van der Waals surface area (Å²) in [6.45, 7) is 6.21. The van der Waals surface area contributed by atoms with Gasteiger partial charge in [-0.05, 0) is 18.6 Å². The number of benzene rings is 1. The number of nitrogens with zero attached hydrogens (tertiary/aromatic N) is 4. The number of aliphatic imine (C=N–C) groups is 1. The van der Waals surface area contributed by atoms with Gasteiger partial charge in [-0.25, -0.2) is 4.68 Å². The van der Waals surface area contributed by atoms with E-state index in [1.807, 2.05) is 36.1 Å². The summed E-state index contributed by atoms with van der Waals surface area (Å²) in [4.78, 5) is 6.67. The molecule has 0 amide bonds. The molecule has 1 saturated carbocycles. The van der Waals surface area contributed by atoms with Gasteiger partial charge in [-0.15, -0.1) is 0 Å². The molecule has 6 nitrogen and oxygen atoms in total. The van der Waals surface area contributed by atoms with Crippen molar-refractivity contribution in [1.82, 2.24) is 20.0 Å². The van der Waals surface area contributed by atoms with E-state index in [0.717, 1.165) is 36.8 Å². The number of rotatable bonds is 4. The van der Waals surface area contributed by atoms with Crippen LogP contribution in [0.4, 0.5) is 0 Å². The van der Waals surface area contributed by atoms with Crippen LogP contribution < -0.4 is 5.32 Å². The molecule has 2 aliphatic rings. The predicted octanol–water partition coefficient (Wildman–Crippen LogP) is 2.69. The number of ether oxygens (including phenoxy) is 1. The van der Waals surface area contributed by atoms with Crippen molar-refractivity contribution in [3.05, 3.63) is 48.3 Å². The van der Waals surface area contributed by atoms with Crippen molar-refractivity contribution in [2.24, 2.45) is 16.3 Å². The predicted molar refractivity (Wildman–Crippen MR) is 107 cm³/mol. The van der Waals surface area contributed by atoms with Crippen LogP contribution in [0.1, 0.15) is 25.8 Å². The average molecular weight is 367 g/mol. The summed E-state index contributed by atoms with van der Waals surface area (Å²) in [6, 6.07) is 10.6. The zero-order valence-corrected chi connectivity index (χ0v) is 16.6. The van der Waals surface area contributed by atoms with E-state index in [0.29, 0.717) is 18.1 Å². The molecule has 0 bridgehead atoms. The standard InChI is InChI=1S/C21H29N5O/c1-21(2)18(17-10-11-27-19(17)21)24-20(22-3)25(4)13-15-12-23-26(14-15)16-8-6-5-7-9-16/h5-9,12,14,17-19H,10-11,13H2,1-4H3,(H,22,24). The average Bonchev–Trinajstić information content (AvgIpc) is 3.31. The highest BCUT2D eigenvalue weighted by molar-refractivity contribution is 5.80. The maximum absolute atomic E-state index is 5.91. The molecule has 4 rings (SSSR count). The summed E-state index contributed by atoms with van der Waals surface area (Å²) in [7, 11) is 3.92. The highest BCUT2D eigenvalue weighted by atomic mass is 16.5. The van der Waals surface area contributed by atoms with Crippen LogP contribution in [0, 0.1) is 11.3 Å². The van der Waals surface area contributed by atoms with Crippen molar-refractivity contribution >= 4 is 5.96 Å². The molecule has 1 saturated heterocycles. The van der Waals surface area contributed by atoms with Crippen molar-refractivity contribution in [3.63, 3.8) is 0 Å². The number of para-hydroxylation sites is 1. The van der Waals surface area contributed by atoms with Gasteiger partial charge in [0, 0.05) is 56.4 Å². The summed E-state index contributed by atoms with van der Waals surface area (Å²) in [5.41, 5.74) is 2.35. The lowest BCUT2D eigenvalue weighted by Gasteiger charge is -2.55. The van der Waals surface area contributed by atoms with Gasteiger partial charge in [0.1, 0.15) is 0 Å². The van der Waals surface area contributed by atoms with Gasteiger partial charge in [0.05, 0.1) is 18.0 Å². The molecular weight excluding hydrogens is 338 g/mol. The monoisotopic (exact) mass is 367 g/mol. The van der Waals surface area contributed by atoms with Gasteiger partial charge < -0.3 is 15.0 Å². The normalized spacial score (nSPS) is 26.4. The van der Waals surface area contributed by atoms with Gasteiger partial charge in [-0.3, -0.25) is 4.99 Å². The second-order valence-corrected chi connectivity index (χ2v) is 8.22. The molecule has 1 aromatic carbocycles. The molecule has 6 heteroatoms. The lowest BCUT2D eigenvalue weighted by atomic mass is 9.57. The van der Waals surface area contributed by atoms with Crippen molar-refractivity contribution in [2.75, 3.05) is 20.7 Å². The number of nitrogens with one attached hydrogen (secondary N) is 1. The molecule has 27 heavy (non-hydrogen) atoms. The van der Waals surface area contributed by atoms with Gasteiger partial charge in [-0.1, -0.05) is 32.0 Å². The SMILES string of the molecule is CN=C(NC1C2CCOC2C1(C)C)N(C)Cc1cnn(-c2ccccc2)c1. The maximum atomic E-state index is 5.91. The Morgan fingerprint density at radius 3 is 2.89 bits per heavy atom. The Morgan fingerprint density at radius 2 is 2.15 bits per heavy atom. The van der Waals surface area contributed by atoms with E-state index in [4.69, 9.17) is 4.74 Å². The lowest BCUT2D eigenvalue weighted by Crippen LogP contribution is -2.67. The van der Waals surface area contributed by atoms with Gasteiger partial charge in [0.2, 0.25) is 0 Å². The summed E-state index contributed by atoms with van der Waals surface area (Å²) >= 11 is 0. The second kappa shape index (κ2) is 7.00. The molecule has 2 heterocycles. The Balaban J connectivity index is 1.41.